The Labute approximate surface area is 111 Å². The lowest BCUT2D eigenvalue weighted by atomic mass is 10.2. The van der Waals surface area contributed by atoms with Crippen LogP contribution < -0.4 is 10.5 Å². The first kappa shape index (κ1) is 15.4. The second-order valence-electron chi connectivity index (χ2n) is 3.32. The number of hydrogen-bond donors (Lipinski definition) is 2. The topological polar surface area (TPSA) is 72.2 Å². The molecule has 18 heavy (non-hydrogen) atoms. The van der Waals surface area contributed by atoms with Gasteiger partial charge in [0.05, 0.1) is 6.54 Å². The molecule has 0 radical (unpaired) electrons. The molecule has 0 bridgehead atoms. The monoisotopic (exact) mass is 346 g/mol. The highest BCUT2D eigenvalue weighted by Gasteiger charge is 2.22. The molecule has 0 aliphatic rings. The van der Waals surface area contributed by atoms with Crippen LogP contribution in [0, 0.1) is 5.82 Å². The van der Waals surface area contributed by atoms with E-state index in [2.05, 4.69) is 15.9 Å². The Hall–Kier alpha value is -0.640. The summed E-state index contributed by atoms with van der Waals surface area (Å²) in [5.74, 6) is -1.04. The quantitative estimate of drug-likeness (QED) is 0.850. The van der Waals surface area contributed by atoms with Crippen LogP contribution >= 0.6 is 15.9 Å². The lowest BCUT2D eigenvalue weighted by Gasteiger charge is -2.10. The number of nitrogens with one attached hydrogen (secondary N) is 1. The Morgan fingerprint density at radius 2 is 2.00 bits per heavy atom. The zero-order chi connectivity index (χ0) is 13.9. The minimum Gasteiger partial charge on any atom is -0.326 e. The molecule has 0 amide bonds. The van der Waals surface area contributed by atoms with Crippen LogP contribution in [0.4, 0.5) is 13.2 Å². The van der Waals surface area contributed by atoms with E-state index in [1.165, 1.54) is 6.07 Å². The summed E-state index contributed by atoms with van der Waals surface area (Å²) >= 11 is 3.00. The fourth-order valence-electron chi connectivity index (χ4n) is 1.21. The van der Waals surface area contributed by atoms with Crippen molar-refractivity contribution in [2.45, 2.75) is 17.9 Å². The summed E-state index contributed by atoms with van der Waals surface area (Å²) in [5.41, 5.74) is 5.23. The van der Waals surface area contributed by atoms with Crippen LogP contribution in [0.2, 0.25) is 0 Å². The van der Waals surface area contributed by atoms with Gasteiger partial charge in [-0.15, -0.1) is 0 Å². The summed E-state index contributed by atoms with van der Waals surface area (Å²) in [6.45, 7) is -1.28. The number of rotatable bonds is 5. The Morgan fingerprint density at radius 1 is 1.39 bits per heavy atom. The van der Waals surface area contributed by atoms with Crippen molar-refractivity contribution in [3.05, 3.63) is 28.0 Å². The summed E-state index contributed by atoms with van der Waals surface area (Å²) in [6.07, 6.45) is -2.86. The highest BCUT2D eigenvalue weighted by Crippen LogP contribution is 2.23. The van der Waals surface area contributed by atoms with Crippen molar-refractivity contribution in [2.75, 3.05) is 6.54 Å². The van der Waals surface area contributed by atoms with Crippen molar-refractivity contribution in [1.82, 2.24) is 4.72 Å². The van der Waals surface area contributed by atoms with Crippen molar-refractivity contribution in [3.63, 3.8) is 0 Å². The second-order valence-corrected chi connectivity index (χ2v) is 5.98. The molecule has 1 aromatic carbocycles. The van der Waals surface area contributed by atoms with E-state index < -0.39 is 33.7 Å². The zero-order valence-corrected chi connectivity index (χ0v) is 11.4. The van der Waals surface area contributed by atoms with Gasteiger partial charge in [0.15, 0.2) is 0 Å². The molecule has 0 aliphatic heterocycles. The molecule has 0 unspecified atom stereocenters. The molecule has 0 saturated heterocycles. The van der Waals surface area contributed by atoms with Crippen LogP contribution in [-0.2, 0) is 16.6 Å². The maximum absolute atomic E-state index is 13.8. The van der Waals surface area contributed by atoms with E-state index in [9.17, 15) is 21.6 Å². The number of benzene rings is 1. The molecule has 0 saturated carbocycles. The lowest BCUT2D eigenvalue weighted by molar-refractivity contribution is 0.153. The average molecular weight is 347 g/mol. The van der Waals surface area contributed by atoms with Gasteiger partial charge in [0.2, 0.25) is 10.0 Å². The number of nitrogens with two attached hydrogens (primary N) is 1. The first-order valence-electron chi connectivity index (χ1n) is 4.73. The van der Waals surface area contributed by atoms with Gasteiger partial charge in [0, 0.05) is 16.6 Å². The maximum atomic E-state index is 13.8. The van der Waals surface area contributed by atoms with Gasteiger partial charge >= 0.3 is 0 Å². The summed E-state index contributed by atoms with van der Waals surface area (Å²) in [4.78, 5) is -0.710. The van der Waals surface area contributed by atoms with E-state index in [1.807, 2.05) is 0 Å². The second kappa shape index (κ2) is 6.00. The van der Waals surface area contributed by atoms with E-state index in [4.69, 9.17) is 5.73 Å². The van der Waals surface area contributed by atoms with E-state index in [-0.39, 0.29) is 12.1 Å². The molecule has 3 N–H and O–H groups in total. The Kier molecular flexibility index (Phi) is 5.14. The third kappa shape index (κ3) is 3.67. The summed E-state index contributed by atoms with van der Waals surface area (Å²) in [5, 5.41) is 0. The van der Waals surface area contributed by atoms with Crippen molar-refractivity contribution >= 4 is 26.0 Å². The smallest absolute Gasteiger partial charge is 0.251 e. The van der Waals surface area contributed by atoms with Crippen molar-refractivity contribution < 1.29 is 21.6 Å². The van der Waals surface area contributed by atoms with Gasteiger partial charge in [-0.1, -0.05) is 15.9 Å². The third-order valence-corrected chi connectivity index (χ3v) is 3.90. The van der Waals surface area contributed by atoms with Crippen LogP contribution in [0.25, 0.3) is 0 Å². The summed E-state index contributed by atoms with van der Waals surface area (Å²) in [6, 6.07) is 2.31. The van der Waals surface area contributed by atoms with Gasteiger partial charge < -0.3 is 5.73 Å². The molecule has 1 aromatic rings. The molecule has 4 nitrogen and oxygen atoms in total. The highest BCUT2D eigenvalue weighted by molar-refractivity contribution is 9.10. The normalized spacial score (nSPS) is 12.1. The largest absolute Gasteiger partial charge is 0.326 e. The molecule has 9 heteroatoms. The minimum absolute atomic E-state index is 0.0261. The molecule has 0 fully saturated rings. The third-order valence-electron chi connectivity index (χ3n) is 2.02. The fraction of sp³-hybridized carbons (Fsp3) is 0.333. The van der Waals surface area contributed by atoms with Gasteiger partial charge in [0.1, 0.15) is 10.7 Å². The Balaban J connectivity index is 3.20. The van der Waals surface area contributed by atoms with Crippen LogP contribution in [0.3, 0.4) is 0 Å². The fourth-order valence-corrected chi connectivity index (χ4v) is 3.02. The molecule has 0 spiro atoms. The van der Waals surface area contributed by atoms with Crippen LogP contribution in [-0.4, -0.2) is 21.4 Å². The first-order valence-corrected chi connectivity index (χ1v) is 7.01. The molecule has 0 atom stereocenters. The van der Waals surface area contributed by atoms with Crippen molar-refractivity contribution in [2.24, 2.45) is 5.73 Å². The average Bonchev–Trinajstić information content (AvgIpc) is 2.29. The molecule has 0 aromatic heterocycles. The Morgan fingerprint density at radius 3 is 2.50 bits per heavy atom. The van der Waals surface area contributed by atoms with Gasteiger partial charge in [-0.05, 0) is 12.1 Å². The van der Waals surface area contributed by atoms with E-state index in [0.717, 1.165) is 6.07 Å². The summed E-state index contributed by atoms with van der Waals surface area (Å²) < 4.78 is 62.8. The van der Waals surface area contributed by atoms with Crippen LogP contribution in [0.15, 0.2) is 21.5 Å². The number of sulfonamides is 1. The molecule has 102 valence electrons. The van der Waals surface area contributed by atoms with Gasteiger partial charge in [-0.2, -0.15) is 0 Å². The van der Waals surface area contributed by atoms with Crippen molar-refractivity contribution in [3.8, 4) is 0 Å². The lowest BCUT2D eigenvalue weighted by Crippen LogP contribution is -2.29. The van der Waals surface area contributed by atoms with Crippen LogP contribution in [0.1, 0.15) is 5.56 Å². The van der Waals surface area contributed by atoms with Gasteiger partial charge in [0.25, 0.3) is 6.43 Å². The Bertz CT molecular complexity index is 537. The standard InChI is InChI=1S/C9H10BrF3N2O2S/c10-6-1-5(3-14)9(13)7(2-6)18(16,17)15-4-8(11)12/h1-2,8,15H,3-4,14H2. The molecule has 0 heterocycles. The van der Waals surface area contributed by atoms with Crippen molar-refractivity contribution in [1.29, 1.82) is 0 Å². The first-order chi connectivity index (χ1) is 8.27. The predicted octanol–water partition coefficient (Wildman–Crippen LogP) is 1.59. The molecule has 0 aliphatic carbocycles. The van der Waals surface area contributed by atoms with Gasteiger partial charge in [-0.25, -0.2) is 26.3 Å². The molecular formula is C9H10BrF3N2O2S. The minimum atomic E-state index is -4.33. The molecular weight excluding hydrogens is 337 g/mol. The zero-order valence-electron chi connectivity index (χ0n) is 8.96. The number of halogens is 4. The number of hydrogen-bond acceptors (Lipinski definition) is 3. The van der Waals surface area contributed by atoms with E-state index in [0.29, 0.717) is 4.47 Å². The molecule has 1 rings (SSSR count). The number of alkyl halides is 2. The maximum Gasteiger partial charge on any atom is 0.251 e. The van der Waals surface area contributed by atoms with Gasteiger partial charge in [-0.3, -0.25) is 0 Å². The van der Waals surface area contributed by atoms with E-state index >= 15 is 0 Å². The predicted molar refractivity (Wildman–Crippen MR) is 63.2 cm³/mol. The SMILES string of the molecule is NCc1cc(Br)cc(S(=O)(=O)NCC(F)F)c1F. The van der Waals surface area contributed by atoms with Crippen LogP contribution in [0.5, 0.6) is 0 Å². The van der Waals surface area contributed by atoms with E-state index in [1.54, 1.807) is 4.72 Å². The summed E-state index contributed by atoms with van der Waals surface area (Å²) in [7, 11) is -4.33. The highest BCUT2D eigenvalue weighted by atomic mass is 79.9.